The van der Waals surface area contributed by atoms with Crippen LogP contribution in [0.25, 0.3) is 0 Å². The Kier molecular flexibility index (Phi) is 6.50. The molecule has 0 radical (unpaired) electrons. The molecule has 1 aliphatic heterocycles. The summed E-state index contributed by atoms with van der Waals surface area (Å²) in [6.45, 7) is 6.39. The number of nitriles is 1. The second-order valence-electron chi connectivity index (χ2n) is 8.39. The van der Waals surface area contributed by atoms with Crippen LogP contribution in [0.1, 0.15) is 50.1 Å². The van der Waals surface area contributed by atoms with E-state index in [4.69, 9.17) is 19.9 Å². The van der Waals surface area contributed by atoms with Gasteiger partial charge >= 0.3 is 6.09 Å². The van der Waals surface area contributed by atoms with E-state index in [0.29, 0.717) is 36.6 Å². The van der Waals surface area contributed by atoms with Crippen molar-refractivity contribution in [1.29, 1.82) is 5.26 Å². The molecule has 1 aliphatic rings. The molecule has 0 saturated carbocycles. The topological polar surface area (TPSA) is 116 Å². The number of carbonyl (C=O) groups excluding carboxylic acids is 1. The Morgan fingerprint density at radius 2 is 1.84 bits per heavy atom. The monoisotopic (exact) mass is 437 g/mol. The van der Waals surface area contributed by atoms with Crippen LogP contribution in [0.15, 0.2) is 18.2 Å². The van der Waals surface area contributed by atoms with E-state index in [1.54, 1.807) is 42.0 Å². The van der Waals surface area contributed by atoms with E-state index < -0.39 is 5.60 Å². The number of hydrogen-bond donors (Lipinski definition) is 1. The molecule has 1 amide bonds. The molecular formula is C23H27N5O4. The number of nitrogens with zero attached hydrogens (tertiary/aromatic N) is 4. The number of hydrogen-bond acceptors (Lipinski definition) is 7. The third kappa shape index (κ3) is 5.06. The summed E-state index contributed by atoms with van der Waals surface area (Å²) in [7, 11) is 3.12. The van der Waals surface area contributed by atoms with Crippen molar-refractivity contribution in [2.24, 2.45) is 0 Å². The zero-order valence-corrected chi connectivity index (χ0v) is 18.9. The predicted molar refractivity (Wildman–Crippen MR) is 118 cm³/mol. The normalized spacial score (nSPS) is 15.5. The summed E-state index contributed by atoms with van der Waals surface area (Å²) in [5, 5.41) is 14.1. The van der Waals surface area contributed by atoms with Crippen LogP contribution in [-0.4, -0.2) is 53.7 Å². The van der Waals surface area contributed by atoms with Crippen LogP contribution in [0, 0.1) is 23.2 Å². The van der Waals surface area contributed by atoms with Crippen molar-refractivity contribution in [3.05, 3.63) is 35.0 Å². The Bertz CT molecular complexity index is 1090. The first-order valence-electron chi connectivity index (χ1n) is 10.2. The van der Waals surface area contributed by atoms with Crippen molar-refractivity contribution in [3.63, 3.8) is 0 Å². The fourth-order valence-corrected chi connectivity index (χ4v) is 3.37. The van der Waals surface area contributed by atoms with Crippen LogP contribution in [0.2, 0.25) is 0 Å². The molecule has 3 rings (SSSR count). The Hall–Kier alpha value is -3.85. The summed E-state index contributed by atoms with van der Waals surface area (Å²) in [5.74, 6) is 7.36. The van der Waals surface area contributed by atoms with E-state index in [0.717, 1.165) is 0 Å². The average molecular weight is 438 g/mol. The van der Waals surface area contributed by atoms with E-state index in [2.05, 4.69) is 23.0 Å². The van der Waals surface area contributed by atoms with Crippen LogP contribution in [0.5, 0.6) is 11.5 Å². The Balaban J connectivity index is 1.85. The molecular weight excluding hydrogens is 410 g/mol. The van der Waals surface area contributed by atoms with E-state index in [9.17, 15) is 10.1 Å². The molecule has 0 spiro atoms. The second-order valence-corrected chi connectivity index (χ2v) is 8.39. The van der Waals surface area contributed by atoms with Gasteiger partial charge in [-0.2, -0.15) is 10.4 Å². The van der Waals surface area contributed by atoms with E-state index in [-0.39, 0.29) is 29.2 Å². The van der Waals surface area contributed by atoms with Gasteiger partial charge in [-0.05, 0) is 45.2 Å². The van der Waals surface area contributed by atoms with E-state index in [1.165, 1.54) is 0 Å². The summed E-state index contributed by atoms with van der Waals surface area (Å²) in [5.41, 5.74) is 6.78. The van der Waals surface area contributed by atoms with Crippen LogP contribution in [-0.2, 0) is 4.74 Å². The van der Waals surface area contributed by atoms with Gasteiger partial charge in [0, 0.05) is 24.7 Å². The first-order valence-corrected chi connectivity index (χ1v) is 10.2. The van der Waals surface area contributed by atoms with Gasteiger partial charge in [0.25, 0.3) is 0 Å². The number of benzene rings is 1. The second kappa shape index (κ2) is 9.11. The lowest BCUT2D eigenvalue weighted by molar-refractivity contribution is 0.0288. The van der Waals surface area contributed by atoms with Gasteiger partial charge in [-0.15, -0.1) is 0 Å². The molecule has 9 heteroatoms. The largest absolute Gasteiger partial charge is 0.497 e. The molecule has 0 aliphatic carbocycles. The molecule has 168 valence electrons. The van der Waals surface area contributed by atoms with Crippen LogP contribution >= 0.6 is 0 Å². The fraction of sp³-hybridized carbons (Fsp3) is 0.435. The van der Waals surface area contributed by atoms with Crippen molar-refractivity contribution in [2.75, 3.05) is 33.0 Å². The van der Waals surface area contributed by atoms with E-state index >= 15 is 0 Å². The van der Waals surface area contributed by atoms with Crippen LogP contribution in [0.3, 0.4) is 0 Å². The highest BCUT2D eigenvalue weighted by Crippen LogP contribution is 2.28. The number of amides is 1. The minimum Gasteiger partial charge on any atom is -0.497 e. The smallest absolute Gasteiger partial charge is 0.410 e. The number of ether oxygens (including phenoxy) is 3. The Morgan fingerprint density at radius 3 is 2.41 bits per heavy atom. The average Bonchev–Trinajstić information content (AvgIpc) is 3.35. The SMILES string of the molecule is COc1cc(C#Cc2nn([C@H]3CCN(C(=O)OC(C)(C)C)C3)c(N)c2C#N)cc(OC)c1. The number of nitrogen functional groups attached to an aromatic ring is 1. The molecule has 1 atom stereocenters. The lowest BCUT2D eigenvalue weighted by atomic mass is 10.2. The van der Waals surface area contributed by atoms with Gasteiger partial charge in [0.2, 0.25) is 0 Å². The minimum absolute atomic E-state index is 0.165. The van der Waals surface area contributed by atoms with Crippen LogP contribution < -0.4 is 15.2 Å². The number of nitrogens with two attached hydrogens (primary N) is 1. The zero-order valence-electron chi connectivity index (χ0n) is 18.9. The van der Waals surface area contributed by atoms with Gasteiger partial charge in [0.1, 0.15) is 34.6 Å². The highest BCUT2D eigenvalue weighted by Gasteiger charge is 2.33. The standard InChI is InChI=1S/C23H27N5O4/c1-23(2,3)32-22(29)27-9-8-16(14-27)28-21(25)19(13-24)20(26-28)7-6-15-10-17(30-4)12-18(11-15)31-5/h10-12,16H,8-9,14,25H2,1-5H3/t16-/m0/s1. The Labute approximate surface area is 187 Å². The molecule has 9 nitrogen and oxygen atoms in total. The van der Waals surface area contributed by atoms with Gasteiger partial charge < -0.3 is 24.8 Å². The van der Waals surface area contributed by atoms with E-state index in [1.807, 2.05) is 20.8 Å². The molecule has 2 heterocycles. The number of anilines is 1. The van der Waals surface area contributed by atoms with Crippen molar-refractivity contribution in [3.8, 4) is 29.4 Å². The molecule has 1 aromatic carbocycles. The number of aromatic nitrogens is 2. The van der Waals surface area contributed by atoms with Crippen LogP contribution in [0.4, 0.5) is 10.6 Å². The first-order chi connectivity index (χ1) is 15.1. The predicted octanol–water partition coefficient (Wildman–Crippen LogP) is 2.94. The number of likely N-dealkylation sites (tertiary alicyclic amines) is 1. The summed E-state index contributed by atoms with van der Waals surface area (Å²) in [6.07, 6.45) is 0.272. The number of carbonyl (C=O) groups is 1. The lowest BCUT2D eigenvalue weighted by Gasteiger charge is -2.24. The summed E-state index contributed by atoms with van der Waals surface area (Å²) < 4.78 is 17.5. The maximum Gasteiger partial charge on any atom is 0.410 e. The molecule has 0 bridgehead atoms. The van der Waals surface area contributed by atoms with Gasteiger partial charge in [-0.1, -0.05) is 5.92 Å². The molecule has 2 N–H and O–H groups in total. The maximum atomic E-state index is 12.4. The molecule has 1 aromatic heterocycles. The van der Waals surface area contributed by atoms with Crippen molar-refractivity contribution < 1.29 is 19.0 Å². The summed E-state index contributed by atoms with van der Waals surface area (Å²) in [4.78, 5) is 14.0. The Morgan fingerprint density at radius 1 is 1.19 bits per heavy atom. The summed E-state index contributed by atoms with van der Waals surface area (Å²) in [6, 6.07) is 7.19. The lowest BCUT2D eigenvalue weighted by Crippen LogP contribution is -2.35. The third-order valence-electron chi connectivity index (χ3n) is 4.90. The highest BCUT2D eigenvalue weighted by atomic mass is 16.6. The fourth-order valence-electron chi connectivity index (χ4n) is 3.37. The van der Waals surface area contributed by atoms with Gasteiger partial charge in [0.05, 0.1) is 20.3 Å². The molecule has 0 unspecified atom stereocenters. The summed E-state index contributed by atoms with van der Waals surface area (Å²) >= 11 is 0. The maximum absolute atomic E-state index is 12.4. The molecule has 1 saturated heterocycles. The van der Waals surface area contributed by atoms with Crippen molar-refractivity contribution in [2.45, 2.75) is 38.8 Å². The quantitative estimate of drug-likeness (QED) is 0.734. The zero-order chi connectivity index (χ0) is 23.5. The number of rotatable bonds is 3. The van der Waals surface area contributed by atoms with Gasteiger partial charge in [0.15, 0.2) is 5.69 Å². The minimum atomic E-state index is -0.570. The molecule has 1 fully saturated rings. The molecule has 32 heavy (non-hydrogen) atoms. The third-order valence-corrected chi connectivity index (χ3v) is 4.90. The van der Waals surface area contributed by atoms with Crippen molar-refractivity contribution >= 4 is 11.9 Å². The highest BCUT2D eigenvalue weighted by molar-refractivity contribution is 5.68. The van der Waals surface area contributed by atoms with Gasteiger partial charge in [-0.3, -0.25) is 0 Å². The first kappa shape index (κ1) is 22.8. The number of methoxy groups -OCH3 is 2. The van der Waals surface area contributed by atoms with Crippen molar-refractivity contribution in [1.82, 2.24) is 14.7 Å². The van der Waals surface area contributed by atoms with Gasteiger partial charge in [-0.25, -0.2) is 9.48 Å². The molecule has 2 aromatic rings.